The Labute approximate surface area is 112 Å². The van der Waals surface area contributed by atoms with Crippen molar-refractivity contribution in [1.29, 1.82) is 0 Å². The molecule has 1 saturated heterocycles. The van der Waals surface area contributed by atoms with Crippen molar-refractivity contribution in [3.8, 4) is 0 Å². The number of benzene rings is 1. The lowest BCUT2D eigenvalue weighted by Crippen LogP contribution is -2.37. The number of carbonyl (C=O) groups is 1. The fourth-order valence-electron chi connectivity index (χ4n) is 2.18. The molecular weight excluding hydrogens is 249 g/mol. The molecule has 1 aliphatic heterocycles. The molecule has 2 nitrogen and oxygen atoms in total. The Kier molecular flexibility index (Phi) is 4.78. The van der Waals surface area contributed by atoms with Crippen LogP contribution >= 0.6 is 11.8 Å². The quantitative estimate of drug-likeness (QED) is 0.782. The molecule has 1 unspecified atom stereocenters. The normalized spacial score (nSPS) is 18.6. The van der Waals surface area contributed by atoms with Gasteiger partial charge in [0, 0.05) is 37.1 Å². The van der Waals surface area contributed by atoms with Crippen LogP contribution < -0.4 is 0 Å². The topological polar surface area (TPSA) is 20.3 Å². The summed E-state index contributed by atoms with van der Waals surface area (Å²) in [6.07, 6.45) is 0. The molecule has 0 amide bonds. The van der Waals surface area contributed by atoms with Crippen molar-refractivity contribution < 1.29 is 9.18 Å². The number of rotatable bonds is 4. The highest BCUT2D eigenvalue weighted by atomic mass is 32.2. The van der Waals surface area contributed by atoms with E-state index in [2.05, 4.69) is 4.90 Å². The van der Waals surface area contributed by atoms with Crippen molar-refractivity contribution in [2.75, 3.05) is 31.1 Å². The minimum Gasteiger partial charge on any atom is -0.301 e. The first kappa shape index (κ1) is 13.6. The highest BCUT2D eigenvalue weighted by molar-refractivity contribution is 7.99. The maximum Gasteiger partial charge on any atom is 0.169 e. The second kappa shape index (κ2) is 6.34. The molecule has 1 aromatic rings. The molecule has 98 valence electrons. The molecule has 0 bridgehead atoms. The fraction of sp³-hybridized carbons (Fsp3) is 0.500. The third-order valence-corrected chi connectivity index (χ3v) is 4.17. The van der Waals surface area contributed by atoms with E-state index in [4.69, 9.17) is 0 Å². The first-order valence-electron chi connectivity index (χ1n) is 6.27. The Morgan fingerprint density at radius 3 is 2.72 bits per heavy atom. The largest absolute Gasteiger partial charge is 0.301 e. The highest BCUT2D eigenvalue weighted by Gasteiger charge is 2.21. The van der Waals surface area contributed by atoms with Crippen LogP contribution in [0.3, 0.4) is 0 Å². The predicted molar refractivity (Wildman–Crippen MR) is 73.7 cm³/mol. The molecule has 18 heavy (non-hydrogen) atoms. The summed E-state index contributed by atoms with van der Waals surface area (Å²) in [6, 6.07) is 6.23. The molecule has 0 radical (unpaired) electrons. The van der Waals surface area contributed by atoms with Crippen LogP contribution in [0.2, 0.25) is 0 Å². The van der Waals surface area contributed by atoms with Gasteiger partial charge in [0.1, 0.15) is 5.82 Å². The van der Waals surface area contributed by atoms with E-state index < -0.39 is 5.82 Å². The highest BCUT2D eigenvalue weighted by Crippen LogP contribution is 2.16. The van der Waals surface area contributed by atoms with Crippen molar-refractivity contribution in [2.45, 2.75) is 6.92 Å². The first-order chi connectivity index (χ1) is 8.68. The molecule has 0 spiro atoms. The number of hydrogen-bond donors (Lipinski definition) is 0. The molecule has 1 heterocycles. The number of halogens is 1. The lowest BCUT2D eigenvalue weighted by atomic mass is 9.98. The van der Waals surface area contributed by atoms with E-state index in [1.54, 1.807) is 18.2 Å². The van der Waals surface area contributed by atoms with E-state index in [1.165, 1.54) is 6.07 Å². The molecule has 0 N–H and O–H groups in total. The monoisotopic (exact) mass is 267 g/mol. The maximum absolute atomic E-state index is 13.5. The van der Waals surface area contributed by atoms with Gasteiger partial charge in [-0.2, -0.15) is 11.8 Å². The van der Waals surface area contributed by atoms with Gasteiger partial charge < -0.3 is 4.90 Å². The summed E-state index contributed by atoms with van der Waals surface area (Å²) in [6.45, 7) is 4.67. The molecule has 1 aliphatic rings. The van der Waals surface area contributed by atoms with Crippen LogP contribution in [0, 0.1) is 11.7 Å². The maximum atomic E-state index is 13.5. The van der Waals surface area contributed by atoms with Gasteiger partial charge in [-0.1, -0.05) is 19.1 Å². The number of Topliss-reactive ketones (excluding diaryl/α,β-unsaturated/α-hetero) is 1. The molecular formula is C14H18FNOS. The Morgan fingerprint density at radius 1 is 1.39 bits per heavy atom. The summed E-state index contributed by atoms with van der Waals surface area (Å²) in [5.41, 5.74) is 0.219. The van der Waals surface area contributed by atoms with Crippen molar-refractivity contribution in [3.63, 3.8) is 0 Å². The van der Waals surface area contributed by atoms with Gasteiger partial charge >= 0.3 is 0 Å². The van der Waals surface area contributed by atoms with Crippen molar-refractivity contribution in [1.82, 2.24) is 4.90 Å². The summed E-state index contributed by atoms with van der Waals surface area (Å²) in [4.78, 5) is 14.5. The second-order valence-corrected chi connectivity index (χ2v) is 5.88. The van der Waals surface area contributed by atoms with Gasteiger partial charge in [0.2, 0.25) is 0 Å². The lowest BCUT2D eigenvalue weighted by Gasteiger charge is -2.28. The van der Waals surface area contributed by atoms with E-state index in [-0.39, 0.29) is 17.3 Å². The molecule has 0 aliphatic carbocycles. The van der Waals surface area contributed by atoms with Crippen LogP contribution in [-0.2, 0) is 0 Å². The van der Waals surface area contributed by atoms with Crippen LogP contribution in [0.5, 0.6) is 0 Å². The molecule has 0 aromatic heterocycles. The molecule has 1 aromatic carbocycles. The van der Waals surface area contributed by atoms with Gasteiger partial charge in [0.05, 0.1) is 5.56 Å². The van der Waals surface area contributed by atoms with Crippen molar-refractivity contribution >= 4 is 17.5 Å². The Bertz CT molecular complexity index is 418. The van der Waals surface area contributed by atoms with Crippen LogP contribution in [0.4, 0.5) is 4.39 Å². The second-order valence-electron chi connectivity index (χ2n) is 4.66. The Hall–Kier alpha value is -0.870. The minimum absolute atomic E-state index is 0.0914. The van der Waals surface area contributed by atoms with E-state index in [0.29, 0.717) is 0 Å². The predicted octanol–water partition coefficient (Wildman–Crippen LogP) is 2.69. The van der Waals surface area contributed by atoms with Crippen molar-refractivity contribution in [2.24, 2.45) is 5.92 Å². The fourth-order valence-corrected chi connectivity index (χ4v) is 3.16. The van der Waals surface area contributed by atoms with E-state index >= 15 is 0 Å². The SMILES string of the molecule is CC(CN1CCSCC1)C(=O)c1ccccc1F. The van der Waals surface area contributed by atoms with E-state index in [0.717, 1.165) is 31.1 Å². The van der Waals surface area contributed by atoms with Gasteiger partial charge in [0.15, 0.2) is 5.78 Å². The summed E-state index contributed by atoms with van der Waals surface area (Å²) in [7, 11) is 0. The van der Waals surface area contributed by atoms with Gasteiger partial charge in [-0.05, 0) is 12.1 Å². The first-order valence-corrected chi connectivity index (χ1v) is 7.43. The van der Waals surface area contributed by atoms with Crippen LogP contribution in [0.15, 0.2) is 24.3 Å². The van der Waals surface area contributed by atoms with Gasteiger partial charge in [-0.15, -0.1) is 0 Å². The zero-order valence-electron chi connectivity index (χ0n) is 10.6. The number of ketones is 1. The zero-order valence-corrected chi connectivity index (χ0v) is 11.4. The van der Waals surface area contributed by atoms with Gasteiger partial charge in [-0.3, -0.25) is 4.79 Å². The van der Waals surface area contributed by atoms with Gasteiger partial charge in [0.25, 0.3) is 0 Å². The molecule has 1 fully saturated rings. The average molecular weight is 267 g/mol. The Balaban J connectivity index is 1.98. The number of carbonyl (C=O) groups excluding carboxylic acids is 1. The zero-order chi connectivity index (χ0) is 13.0. The van der Waals surface area contributed by atoms with Crippen LogP contribution in [0.25, 0.3) is 0 Å². The molecule has 0 saturated carbocycles. The summed E-state index contributed by atoms with van der Waals surface area (Å²) < 4.78 is 13.5. The van der Waals surface area contributed by atoms with Gasteiger partial charge in [-0.25, -0.2) is 4.39 Å². The van der Waals surface area contributed by atoms with Crippen molar-refractivity contribution in [3.05, 3.63) is 35.6 Å². The molecule has 1 atom stereocenters. The number of nitrogens with zero attached hydrogens (tertiary/aromatic N) is 1. The Morgan fingerprint density at radius 2 is 2.06 bits per heavy atom. The van der Waals surface area contributed by atoms with Crippen LogP contribution in [0.1, 0.15) is 17.3 Å². The standard InChI is InChI=1S/C14H18FNOS/c1-11(10-16-6-8-18-9-7-16)14(17)12-4-2-3-5-13(12)15/h2-5,11H,6-10H2,1H3. The third-order valence-electron chi connectivity index (χ3n) is 3.22. The number of hydrogen-bond acceptors (Lipinski definition) is 3. The molecule has 4 heteroatoms. The summed E-state index contributed by atoms with van der Waals surface area (Å²) in [5.74, 6) is 1.60. The van der Waals surface area contributed by atoms with E-state index in [1.807, 2.05) is 18.7 Å². The number of thioether (sulfide) groups is 1. The van der Waals surface area contributed by atoms with E-state index in [9.17, 15) is 9.18 Å². The summed E-state index contributed by atoms with van der Waals surface area (Å²) in [5, 5.41) is 0. The smallest absolute Gasteiger partial charge is 0.169 e. The molecule has 2 rings (SSSR count). The third kappa shape index (κ3) is 3.33. The lowest BCUT2D eigenvalue weighted by molar-refractivity contribution is 0.0894. The average Bonchev–Trinajstić information content (AvgIpc) is 2.39. The summed E-state index contributed by atoms with van der Waals surface area (Å²) >= 11 is 1.95. The van der Waals surface area contributed by atoms with Crippen LogP contribution in [-0.4, -0.2) is 41.8 Å². The minimum atomic E-state index is -0.413.